The minimum Gasteiger partial charge on any atom is -0.459 e. The van der Waals surface area contributed by atoms with E-state index in [9.17, 15) is 0 Å². The predicted octanol–water partition coefficient (Wildman–Crippen LogP) is 3.28. The minimum absolute atomic E-state index is 0.502. The Morgan fingerprint density at radius 3 is 2.80 bits per heavy atom. The number of benzene rings is 1. The van der Waals surface area contributed by atoms with Gasteiger partial charge >= 0.3 is 0 Å². The summed E-state index contributed by atoms with van der Waals surface area (Å²) < 4.78 is 5.84. The number of rotatable bonds is 3. The molecule has 0 amide bonds. The van der Waals surface area contributed by atoms with Crippen molar-refractivity contribution in [3.63, 3.8) is 0 Å². The molecule has 1 heterocycles. The van der Waals surface area contributed by atoms with E-state index in [2.05, 4.69) is 43.4 Å². The molecule has 0 aliphatic carbocycles. The zero-order valence-electron chi connectivity index (χ0n) is 9.50. The van der Waals surface area contributed by atoms with Gasteiger partial charge in [0.05, 0.1) is 6.54 Å². The maximum Gasteiger partial charge on any atom is 0.137 e. The van der Waals surface area contributed by atoms with E-state index >= 15 is 0 Å². The number of hydrogen-bond donors (Lipinski definition) is 1. The van der Waals surface area contributed by atoms with Crippen molar-refractivity contribution in [2.24, 2.45) is 0 Å². The van der Waals surface area contributed by atoms with Crippen LogP contribution < -0.4 is 5.32 Å². The van der Waals surface area contributed by atoms with Gasteiger partial charge in [0.2, 0.25) is 0 Å². The summed E-state index contributed by atoms with van der Waals surface area (Å²) >= 11 is 0. The molecular formula is C13H17NO. The molecule has 2 aromatic rings. The van der Waals surface area contributed by atoms with Crippen molar-refractivity contribution >= 4 is 11.0 Å². The molecule has 15 heavy (non-hydrogen) atoms. The highest BCUT2D eigenvalue weighted by Crippen LogP contribution is 2.27. The van der Waals surface area contributed by atoms with Crippen molar-refractivity contribution in [2.45, 2.75) is 26.3 Å². The molecule has 0 aliphatic rings. The third-order valence-electron chi connectivity index (χ3n) is 2.60. The van der Waals surface area contributed by atoms with Crippen LogP contribution >= 0.6 is 0 Å². The Bertz CT molecular complexity index is 457. The third kappa shape index (κ3) is 1.90. The molecular weight excluding hydrogens is 186 g/mol. The Hall–Kier alpha value is -1.28. The predicted molar refractivity (Wildman–Crippen MR) is 63.1 cm³/mol. The van der Waals surface area contributed by atoms with E-state index in [1.165, 1.54) is 10.9 Å². The lowest BCUT2D eigenvalue weighted by atomic mass is 10.0. The van der Waals surface area contributed by atoms with E-state index in [-0.39, 0.29) is 0 Å². The molecule has 2 rings (SSSR count). The molecule has 1 aromatic carbocycles. The Labute approximate surface area is 90.3 Å². The molecule has 0 spiro atoms. The summed E-state index contributed by atoms with van der Waals surface area (Å²) in [4.78, 5) is 0. The first-order chi connectivity index (χ1) is 7.22. The molecule has 0 saturated carbocycles. The minimum atomic E-state index is 0.502. The smallest absolute Gasteiger partial charge is 0.137 e. The van der Waals surface area contributed by atoms with E-state index < -0.39 is 0 Å². The zero-order chi connectivity index (χ0) is 10.8. The lowest BCUT2D eigenvalue weighted by molar-refractivity contribution is 0.526. The van der Waals surface area contributed by atoms with Crippen molar-refractivity contribution < 1.29 is 4.42 Å². The van der Waals surface area contributed by atoms with Gasteiger partial charge in [-0.05, 0) is 24.6 Å². The van der Waals surface area contributed by atoms with Crippen LogP contribution in [0.5, 0.6) is 0 Å². The summed E-state index contributed by atoms with van der Waals surface area (Å²) in [5.74, 6) is 1.50. The lowest BCUT2D eigenvalue weighted by Crippen LogP contribution is -2.03. The second kappa shape index (κ2) is 4.07. The van der Waals surface area contributed by atoms with Crippen LogP contribution in [-0.2, 0) is 6.54 Å². The monoisotopic (exact) mass is 203 g/mol. The molecule has 0 aliphatic heterocycles. The Balaban J connectivity index is 2.54. The fourth-order valence-corrected chi connectivity index (χ4v) is 1.85. The maximum absolute atomic E-state index is 5.84. The second-order valence-electron chi connectivity index (χ2n) is 4.16. The van der Waals surface area contributed by atoms with Crippen LogP contribution in [0.1, 0.15) is 31.1 Å². The van der Waals surface area contributed by atoms with E-state index in [0.717, 1.165) is 17.9 Å². The topological polar surface area (TPSA) is 25.2 Å². The molecule has 1 aromatic heterocycles. The van der Waals surface area contributed by atoms with Crippen molar-refractivity contribution in [3.05, 3.63) is 35.6 Å². The van der Waals surface area contributed by atoms with E-state index in [0.29, 0.717) is 5.92 Å². The second-order valence-corrected chi connectivity index (χ2v) is 4.16. The van der Waals surface area contributed by atoms with Gasteiger partial charge in [-0.1, -0.05) is 32.0 Å². The van der Waals surface area contributed by atoms with E-state index in [4.69, 9.17) is 4.42 Å². The molecule has 0 saturated heterocycles. The molecule has 0 atom stereocenters. The van der Waals surface area contributed by atoms with Gasteiger partial charge in [-0.2, -0.15) is 0 Å². The average molecular weight is 203 g/mol. The Morgan fingerprint density at radius 1 is 1.33 bits per heavy atom. The largest absolute Gasteiger partial charge is 0.459 e. The van der Waals surface area contributed by atoms with Crippen LogP contribution in [-0.4, -0.2) is 7.05 Å². The Kier molecular flexibility index (Phi) is 2.78. The zero-order valence-corrected chi connectivity index (χ0v) is 9.50. The molecule has 2 nitrogen and oxygen atoms in total. The van der Waals surface area contributed by atoms with Gasteiger partial charge in [-0.15, -0.1) is 0 Å². The van der Waals surface area contributed by atoms with Crippen molar-refractivity contribution in [2.75, 3.05) is 7.05 Å². The van der Waals surface area contributed by atoms with Crippen molar-refractivity contribution in [1.82, 2.24) is 5.32 Å². The summed E-state index contributed by atoms with van der Waals surface area (Å²) in [7, 11) is 1.93. The number of furan rings is 1. The summed E-state index contributed by atoms with van der Waals surface area (Å²) in [6, 6.07) is 8.44. The average Bonchev–Trinajstić information content (AvgIpc) is 2.59. The van der Waals surface area contributed by atoms with Crippen molar-refractivity contribution in [3.8, 4) is 0 Å². The summed E-state index contributed by atoms with van der Waals surface area (Å²) in [6.45, 7) is 5.16. The highest BCUT2D eigenvalue weighted by molar-refractivity contribution is 5.81. The first-order valence-electron chi connectivity index (χ1n) is 5.38. The van der Waals surface area contributed by atoms with E-state index in [1.807, 2.05) is 7.05 Å². The molecule has 0 bridgehead atoms. The van der Waals surface area contributed by atoms with Crippen LogP contribution in [0.15, 0.2) is 28.7 Å². The fourth-order valence-electron chi connectivity index (χ4n) is 1.85. The summed E-state index contributed by atoms with van der Waals surface area (Å²) in [5, 5.41) is 4.30. The van der Waals surface area contributed by atoms with Gasteiger partial charge in [0.25, 0.3) is 0 Å². The quantitative estimate of drug-likeness (QED) is 0.828. The molecule has 0 fully saturated rings. The molecule has 80 valence electrons. The van der Waals surface area contributed by atoms with Gasteiger partial charge in [-0.25, -0.2) is 0 Å². The normalized spacial score (nSPS) is 11.5. The molecule has 1 N–H and O–H groups in total. The number of fused-ring (bicyclic) bond motifs is 1. The maximum atomic E-state index is 5.84. The van der Waals surface area contributed by atoms with Gasteiger partial charge in [0.1, 0.15) is 11.3 Å². The highest BCUT2D eigenvalue weighted by atomic mass is 16.3. The van der Waals surface area contributed by atoms with Gasteiger partial charge < -0.3 is 9.73 Å². The first-order valence-corrected chi connectivity index (χ1v) is 5.38. The fraction of sp³-hybridized carbons (Fsp3) is 0.385. The molecule has 0 radical (unpaired) electrons. The summed E-state index contributed by atoms with van der Waals surface area (Å²) in [5.41, 5.74) is 2.33. The van der Waals surface area contributed by atoms with E-state index in [1.54, 1.807) is 0 Å². The van der Waals surface area contributed by atoms with Gasteiger partial charge in [0, 0.05) is 5.39 Å². The van der Waals surface area contributed by atoms with Gasteiger partial charge in [0.15, 0.2) is 0 Å². The van der Waals surface area contributed by atoms with Crippen LogP contribution in [0.25, 0.3) is 11.0 Å². The number of hydrogen-bond acceptors (Lipinski definition) is 2. The standard InChI is InChI=1S/C13H17NO/c1-9(2)12-6-4-5-10-7-11(8-14-3)15-13(10)12/h4-7,9,14H,8H2,1-3H3. The van der Waals surface area contributed by atoms with Crippen LogP contribution in [0, 0.1) is 0 Å². The highest BCUT2D eigenvalue weighted by Gasteiger charge is 2.09. The third-order valence-corrected chi connectivity index (χ3v) is 2.60. The number of para-hydroxylation sites is 1. The van der Waals surface area contributed by atoms with Crippen LogP contribution in [0.4, 0.5) is 0 Å². The lowest BCUT2D eigenvalue weighted by Gasteiger charge is -2.04. The van der Waals surface area contributed by atoms with Gasteiger partial charge in [-0.3, -0.25) is 0 Å². The molecule has 0 unspecified atom stereocenters. The van der Waals surface area contributed by atoms with Crippen LogP contribution in [0.2, 0.25) is 0 Å². The Morgan fingerprint density at radius 2 is 2.13 bits per heavy atom. The van der Waals surface area contributed by atoms with Crippen molar-refractivity contribution in [1.29, 1.82) is 0 Å². The number of nitrogens with one attached hydrogen (secondary N) is 1. The first kappa shape index (κ1) is 10.2. The SMILES string of the molecule is CNCc1cc2cccc(C(C)C)c2o1. The summed E-state index contributed by atoms with van der Waals surface area (Å²) in [6.07, 6.45) is 0. The molecule has 2 heteroatoms. The van der Waals surface area contributed by atoms with Crippen LogP contribution in [0.3, 0.4) is 0 Å².